The van der Waals surface area contributed by atoms with Crippen molar-refractivity contribution >= 4 is 29.2 Å². The summed E-state index contributed by atoms with van der Waals surface area (Å²) in [6.45, 7) is 0.704. The lowest BCUT2D eigenvalue weighted by atomic mass is 10.2. The van der Waals surface area contributed by atoms with Gasteiger partial charge < -0.3 is 15.0 Å². The zero-order valence-electron chi connectivity index (χ0n) is 16.2. The van der Waals surface area contributed by atoms with Gasteiger partial charge in [-0.05, 0) is 67.1 Å². The lowest BCUT2D eigenvalue weighted by Gasteiger charge is -2.15. The number of benzene rings is 3. The number of carbonyl (C=O) groups is 3. The van der Waals surface area contributed by atoms with Gasteiger partial charge in [0.05, 0.1) is 5.56 Å². The molecule has 0 aliphatic carbocycles. The minimum absolute atomic E-state index is 0.102. The van der Waals surface area contributed by atoms with Gasteiger partial charge in [-0.25, -0.2) is 4.79 Å². The first-order chi connectivity index (χ1) is 14.6. The van der Waals surface area contributed by atoms with Gasteiger partial charge in [0.2, 0.25) is 5.91 Å². The van der Waals surface area contributed by atoms with Crippen LogP contribution in [0.3, 0.4) is 0 Å². The number of hydrogen-bond donors (Lipinski definition) is 1. The van der Waals surface area contributed by atoms with Crippen LogP contribution in [0.1, 0.15) is 33.6 Å². The number of carbonyl (C=O) groups excluding carboxylic acids is 3. The highest BCUT2D eigenvalue weighted by Crippen LogP contribution is 2.23. The first-order valence-electron chi connectivity index (χ1n) is 9.69. The lowest BCUT2D eigenvalue weighted by Crippen LogP contribution is -2.23. The molecule has 30 heavy (non-hydrogen) atoms. The molecule has 3 aromatic carbocycles. The van der Waals surface area contributed by atoms with Gasteiger partial charge in [0.15, 0.2) is 0 Å². The summed E-state index contributed by atoms with van der Waals surface area (Å²) in [6, 6.07) is 22.3. The molecule has 1 fully saturated rings. The topological polar surface area (TPSA) is 75.7 Å². The fourth-order valence-corrected chi connectivity index (χ4v) is 3.26. The molecule has 1 aliphatic heterocycles. The summed E-state index contributed by atoms with van der Waals surface area (Å²) < 4.78 is 5.40. The molecular formula is C24H20N2O4. The van der Waals surface area contributed by atoms with Crippen molar-refractivity contribution in [1.29, 1.82) is 0 Å². The number of ether oxygens (including phenoxy) is 1. The van der Waals surface area contributed by atoms with Crippen LogP contribution < -0.4 is 15.0 Å². The largest absolute Gasteiger partial charge is 0.423 e. The van der Waals surface area contributed by atoms with E-state index in [4.69, 9.17) is 4.74 Å². The van der Waals surface area contributed by atoms with Crippen LogP contribution in [0, 0.1) is 0 Å². The maximum Gasteiger partial charge on any atom is 0.343 e. The van der Waals surface area contributed by atoms with Crippen LogP contribution in [0.25, 0.3) is 0 Å². The van der Waals surface area contributed by atoms with E-state index in [1.165, 1.54) is 0 Å². The molecule has 0 radical (unpaired) electrons. The van der Waals surface area contributed by atoms with Gasteiger partial charge in [0, 0.05) is 29.9 Å². The third kappa shape index (κ3) is 4.38. The summed E-state index contributed by atoms with van der Waals surface area (Å²) >= 11 is 0. The van der Waals surface area contributed by atoms with Crippen LogP contribution in [0.2, 0.25) is 0 Å². The summed E-state index contributed by atoms with van der Waals surface area (Å²) in [7, 11) is 0. The molecule has 1 aliphatic rings. The standard InChI is InChI=1S/C24H20N2O4/c27-22-7-4-16-26(22)20-12-8-18(9-13-20)24(29)30-21-14-10-19(11-15-21)25-23(28)17-5-2-1-3-6-17/h1-3,5-6,8-15H,4,7,16H2,(H,25,28). The minimum Gasteiger partial charge on any atom is -0.423 e. The molecule has 6 heteroatoms. The highest BCUT2D eigenvalue weighted by molar-refractivity contribution is 6.04. The Bertz CT molecular complexity index is 1060. The number of nitrogens with zero attached hydrogens (tertiary/aromatic N) is 1. The zero-order valence-corrected chi connectivity index (χ0v) is 16.2. The monoisotopic (exact) mass is 400 g/mol. The Morgan fingerprint density at radius 2 is 1.53 bits per heavy atom. The summed E-state index contributed by atoms with van der Waals surface area (Å²) in [5.74, 6) is -0.228. The maximum absolute atomic E-state index is 12.4. The summed E-state index contributed by atoms with van der Waals surface area (Å²) in [6.07, 6.45) is 1.41. The van der Waals surface area contributed by atoms with Crippen molar-refractivity contribution in [2.75, 3.05) is 16.8 Å². The van der Waals surface area contributed by atoms with Gasteiger partial charge in [0.25, 0.3) is 5.91 Å². The molecule has 0 saturated carbocycles. The lowest BCUT2D eigenvalue weighted by molar-refractivity contribution is -0.117. The van der Waals surface area contributed by atoms with Crippen molar-refractivity contribution in [2.45, 2.75) is 12.8 Å². The normalized spacial score (nSPS) is 13.2. The number of nitrogens with one attached hydrogen (secondary N) is 1. The van der Waals surface area contributed by atoms with Crippen LogP contribution in [-0.2, 0) is 4.79 Å². The second-order valence-electron chi connectivity index (χ2n) is 6.93. The molecule has 3 aromatic rings. The average Bonchev–Trinajstić information content (AvgIpc) is 3.21. The number of rotatable bonds is 5. The maximum atomic E-state index is 12.4. The Balaban J connectivity index is 1.36. The number of anilines is 2. The predicted molar refractivity (Wildman–Crippen MR) is 114 cm³/mol. The smallest absolute Gasteiger partial charge is 0.343 e. The van der Waals surface area contributed by atoms with E-state index in [1.807, 2.05) is 6.07 Å². The van der Waals surface area contributed by atoms with Crippen molar-refractivity contribution in [3.63, 3.8) is 0 Å². The second-order valence-corrected chi connectivity index (χ2v) is 6.93. The highest BCUT2D eigenvalue weighted by Gasteiger charge is 2.21. The van der Waals surface area contributed by atoms with Gasteiger partial charge in [-0.1, -0.05) is 18.2 Å². The number of hydrogen-bond acceptors (Lipinski definition) is 4. The molecule has 150 valence electrons. The van der Waals surface area contributed by atoms with Crippen LogP contribution in [0.4, 0.5) is 11.4 Å². The van der Waals surface area contributed by atoms with Crippen LogP contribution >= 0.6 is 0 Å². The molecule has 0 bridgehead atoms. The third-order valence-corrected chi connectivity index (χ3v) is 4.85. The highest BCUT2D eigenvalue weighted by atomic mass is 16.5. The quantitative estimate of drug-likeness (QED) is 0.512. The van der Waals surface area contributed by atoms with Gasteiger partial charge in [-0.2, -0.15) is 0 Å². The molecule has 0 unspecified atom stereocenters. The summed E-state index contributed by atoms with van der Waals surface area (Å²) in [5, 5.41) is 2.80. The van der Waals surface area contributed by atoms with Crippen molar-refractivity contribution in [1.82, 2.24) is 0 Å². The Morgan fingerprint density at radius 1 is 0.833 bits per heavy atom. The van der Waals surface area contributed by atoms with E-state index in [0.29, 0.717) is 35.5 Å². The first-order valence-corrected chi connectivity index (χ1v) is 9.69. The van der Waals surface area contributed by atoms with E-state index in [9.17, 15) is 14.4 Å². The van der Waals surface area contributed by atoms with Crippen molar-refractivity contribution in [2.24, 2.45) is 0 Å². The summed E-state index contributed by atoms with van der Waals surface area (Å²) in [5.41, 5.74) is 2.34. The van der Waals surface area contributed by atoms with E-state index in [1.54, 1.807) is 77.7 Å². The molecule has 1 N–H and O–H groups in total. The first kappa shape index (κ1) is 19.4. The average molecular weight is 400 g/mol. The van der Waals surface area contributed by atoms with Gasteiger partial charge in [-0.15, -0.1) is 0 Å². The fraction of sp³-hybridized carbons (Fsp3) is 0.125. The van der Waals surface area contributed by atoms with Gasteiger partial charge in [-0.3, -0.25) is 9.59 Å². The Hall–Kier alpha value is -3.93. The zero-order chi connectivity index (χ0) is 20.9. The van der Waals surface area contributed by atoms with Crippen molar-refractivity contribution in [3.8, 4) is 5.75 Å². The molecule has 4 rings (SSSR count). The molecule has 1 heterocycles. The Morgan fingerprint density at radius 3 is 2.17 bits per heavy atom. The van der Waals surface area contributed by atoms with E-state index in [2.05, 4.69) is 5.32 Å². The minimum atomic E-state index is -0.490. The van der Waals surface area contributed by atoms with Gasteiger partial charge >= 0.3 is 5.97 Å². The van der Waals surface area contributed by atoms with E-state index >= 15 is 0 Å². The molecule has 1 saturated heterocycles. The van der Waals surface area contributed by atoms with Gasteiger partial charge in [0.1, 0.15) is 5.75 Å². The van der Waals surface area contributed by atoms with Crippen LogP contribution in [0.15, 0.2) is 78.9 Å². The molecular weight excluding hydrogens is 380 g/mol. The Kier molecular flexibility index (Phi) is 5.57. The van der Waals surface area contributed by atoms with Crippen molar-refractivity contribution in [3.05, 3.63) is 90.0 Å². The van der Waals surface area contributed by atoms with Crippen LogP contribution in [-0.4, -0.2) is 24.3 Å². The molecule has 2 amide bonds. The number of esters is 1. The molecule has 6 nitrogen and oxygen atoms in total. The SMILES string of the molecule is O=C(Nc1ccc(OC(=O)c2ccc(N3CCCC3=O)cc2)cc1)c1ccccc1. The van der Waals surface area contributed by atoms with E-state index < -0.39 is 5.97 Å². The third-order valence-electron chi connectivity index (χ3n) is 4.85. The fourth-order valence-electron chi connectivity index (χ4n) is 3.26. The van der Waals surface area contributed by atoms with Crippen molar-refractivity contribution < 1.29 is 19.1 Å². The van der Waals surface area contributed by atoms with E-state index in [-0.39, 0.29) is 11.8 Å². The molecule has 0 spiro atoms. The van der Waals surface area contributed by atoms with Crippen LogP contribution in [0.5, 0.6) is 5.75 Å². The molecule has 0 atom stereocenters. The predicted octanol–water partition coefficient (Wildman–Crippen LogP) is 4.28. The summed E-state index contributed by atoms with van der Waals surface area (Å²) in [4.78, 5) is 38.1. The Labute approximate surface area is 174 Å². The number of amides is 2. The molecule has 0 aromatic heterocycles. The van der Waals surface area contributed by atoms with E-state index in [0.717, 1.165) is 12.1 Å². The second kappa shape index (κ2) is 8.61.